The van der Waals surface area contributed by atoms with Gasteiger partial charge in [-0.25, -0.2) is 0 Å². The van der Waals surface area contributed by atoms with Crippen LogP contribution in [0.2, 0.25) is 0 Å². The third-order valence-corrected chi connectivity index (χ3v) is 5.23. The van der Waals surface area contributed by atoms with Crippen molar-refractivity contribution in [1.82, 2.24) is 0 Å². The monoisotopic (exact) mass is 292 g/mol. The quantitative estimate of drug-likeness (QED) is 0.595. The Morgan fingerprint density at radius 2 is 1.64 bits per heavy atom. The van der Waals surface area contributed by atoms with Crippen LogP contribution in [0.3, 0.4) is 0 Å². The second kappa shape index (κ2) is 7.13. The fourth-order valence-electron chi connectivity index (χ4n) is 3.53. The molecule has 1 saturated carbocycles. The number of allylic oxidation sites excluding steroid dienone is 5. The highest BCUT2D eigenvalue weighted by Crippen LogP contribution is 2.35. The molecule has 0 heterocycles. The summed E-state index contributed by atoms with van der Waals surface area (Å²) >= 11 is 0. The lowest BCUT2D eigenvalue weighted by Crippen LogP contribution is -2.10. The molecular formula is C22H28. The second-order valence-corrected chi connectivity index (χ2v) is 7.23. The van der Waals surface area contributed by atoms with E-state index in [-0.39, 0.29) is 0 Å². The molecule has 0 aliphatic heterocycles. The summed E-state index contributed by atoms with van der Waals surface area (Å²) in [6.07, 6.45) is 18.0. The van der Waals surface area contributed by atoms with Gasteiger partial charge >= 0.3 is 0 Å². The van der Waals surface area contributed by atoms with Crippen molar-refractivity contribution >= 4 is 6.08 Å². The van der Waals surface area contributed by atoms with Crippen molar-refractivity contribution in [3.63, 3.8) is 0 Å². The summed E-state index contributed by atoms with van der Waals surface area (Å²) < 4.78 is 0. The fraction of sp³-hybridized carbons (Fsp3) is 0.455. The zero-order valence-electron chi connectivity index (χ0n) is 14.0. The third-order valence-electron chi connectivity index (χ3n) is 5.23. The smallest absolute Gasteiger partial charge is 0.0162 e. The minimum Gasteiger partial charge on any atom is -0.0808 e. The Labute approximate surface area is 135 Å². The molecule has 1 fully saturated rings. The highest BCUT2D eigenvalue weighted by molar-refractivity contribution is 5.55. The van der Waals surface area contributed by atoms with E-state index in [1.54, 1.807) is 0 Å². The average Bonchev–Trinajstić information content (AvgIpc) is 2.56. The predicted molar refractivity (Wildman–Crippen MR) is 96.9 cm³/mol. The minimum atomic E-state index is 0.689. The maximum atomic E-state index is 2.39. The summed E-state index contributed by atoms with van der Waals surface area (Å²) in [5, 5.41) is 0. The van der Waals surface area contributed by atoms with Crippen LogP contribution in [0.25, 0.3) is 6.08 Å². The lowest BCUT2D eigenvalue weighted by atomic mass is 9.79. The zero-order chi connectivity index (χ0) is 15.4. The molecule has 1 aromatic carbocycles. The van der Waals surface area contributed by atoms with E-state index in [0.29, 0.717) is 5.92 Å². The molecule has 0 nitrogen and oxygen atoms in total. The van der Waals surface area contributed by atoms with Gasteiger partial charge in [-0.1, -0.05) is 81.3 Å². The first-order chi connectivity index (χ1) is 10.7. The fourth-order valence-corrected chi connectivity index (χ4v) is 3.53. The molecule has 0 spiro atoms. The molecule has 0 aromatic heterocycles. The second-order valence-electron chi connectivity index (χ2n) is 7.23. The van der Waals surface area contributed by atoms with E-state index in [2.05, 4.69) is 68.5 Å². The van der Waals surface area contributed by atoms with Gasteiger partial charge in [-0.3, -0.25) is 0 Å². The number of benzene rings is 1. The van der Waals surface area contributed by atoms with Gasteiger partial charge < -0.3 is 0 Å². The standard InChI is InChI=1S/C22H28/c1-17-3-7-19(8-4-17)9-10-20-11-15-22(16-12-20)21-13-5-18(2)6-14-21/h3,7-12,15-18,21H,4-6,13-14H2,1-2H3/b10-9+. The number of hydrogen-bond acceptors (Lipinski definition) is 0. The van der Waals surface area contributed by atoms with Crippen molar-refractivity contribution < 1.29 is 0 Å². The molecule has 116 valence electrons. The molecule has 2 aliphatic rings. The number of rotatable bonds is 3. The van der Waals surface area contributed by atoms with E-state index in [1.165, 1.54) is 42.4 Å². The molecule has 0 N–H and O–H groups in total. The van der Waals surface area contributed by atoms with Gasteiger partial charge in [0.15, 0.2) is 0 Å². The SMILES string of the molecule is CC1C=CC(/C=C/c2ccc(C3CCC(C)CC3)cc2)=CC1. The zero-order valence-corrected chi connectivity index (χ0v) is 14.0. The van der Waals surface area contributed by atoms with E-state index >= 15 is 0 Å². The minimum absolute atomic E-state index is 0.689. The Kier molecular flexibility index (Phi) is 4.97. The number of hydrogen-bond donors (Lipinski definition) is 0. The van der Waals surface area contributed by atoms with Gasteiger partial charge in [0.25, 0.3) is 0 Å². The Bertz CT molecular complexity index is 563. The highest BCUT2D eigenvalue weighted by Gasteiger charge is 2.19. The summed E-state index contributed by atoms with van der Waals surface area (Å²) in [7, 11) is 0. The largest absolute Gasteiger partial charge is 0.0808 e. The van der Waals surface area contributed by atoms with Crippen molar-refractivity contribution in [2.75, 3.05) is 0 Å². The lowest BCUT2D eigenvalue weighted by molar-refractivity contribution is 0.348. The van der Waals surface area contributed by atoms with Crippen molar-refractivity contribution in [3.8, 4) is 0 Å². The van der Waals surface area contributed by atoms with Crippen LogP contribution < -0.4 is 0 Å². The summed E-state index contributed by atoms with van der Waals surface area (Å²) in [4.78, 5) is 0. The first-order valence-corrected chi connectivity index (χ1v) is 8.87. The predicted octanol–water partition coefficient (Wildman–Crippen LogP) is 6.52. The van der Waals surface area contributed by atoms with Gasteiger partial charge in [0, 0.05) is 0 Å². The molecule has 0 heteroatoms. The van der Waals surface area contributed by atoms with Crippen molar-refractivity contribution in [2.24, 2.45) is 11.8 Å². The van der Waals surface area contributed by atoms with Crippen LogP contribution in [0.1, 0.15) is 63.0 Å². The first-order valence-electron chi connectivity index (χ1n) is 8.87. The van der Waals surface area contributed by atoms with Crippen molar-refractivity contribution in [2.45, 2.75) is 51.9 Å². The van der Waals surface area contributed by atoms with E-state index in [4.69, 9.17) is 0 Å². The van der Waals surface area contributed by atoms with Crippen LogP contribution in [0.5, 0.6) is 0 Å². The van der Waals surface area contributed by atoms with Crippen LogP contribution in [-0.2, 0) is 0 Å². The topological polar surface area (TPSA) is 0 Å². The molecule has 0 saturated heterocycles. The molecule has 0 amide bonds. The van der Waals surface area contributed by atoms with E-state index in [9.17, 15) is 0 Å². The summed E-state index contributed by atoms with van der Waals surface area (Å²) in [5.74, 6) is 2.41. The molecule has 1 unspecified atom stereocenters. The maximum Gasteiger partial charge on any atom is -0.0162 e. The van der Waals surface area contributed by atoms with Gasteiger partial charge in [-0.15, -0.1) is 0 Å². The van der Waals surface area contributed by atoms with Gasteiger partial charge in [0.2, 0.25) is 0 Å². The van der Waals surface area contributed by atoms with Gasteiger partial charge in [-0.05, 0) is 53.7 Å². The van der Waals surface area contributed by atoms with Crippen LogP contribution >= 0.6 is 0 Å². The molecule has 3 rings (SSSR count). The summed E-state index contributed by atoms with van der Waals surface area (Å²) in [6, 6.07) is 9.24. The van der Waals surface area contributed by atoms with Gasteiger partial charge in [-0.2, -0.15) is 0 Å². The van der Waals surface area contributed by atoms with Crippen molar-refractivity contribution in [3.05, 3.63) is 65.3 Å². The Morgan fingerprint density at radius 1 is 0.909 bits per heavy atom. The lowest BCUT2D eigenvalue weighted by Gasteiger charge is -2.26. The molecule has 22 heavy (non-hydrogen) atoms. The first kappa shape index (κ1) is 15.3. The van der Waals surface area contributed by atoms with E-state index in [0.717, 1.165) is 18.3 Å². The summed E-state index contributed by atoms with van der Waals surface area (Å²) in [5.41, 5.74) is 4.18. The Morgan fingerprint density at radius 3 is 2.27 bits per heavy atom. The Balaban J connectivity index is 1.61. The van der Waals surface area contributed by atoms with Gasteiger partial charge in [0.1, 0.15) is 0 Å². The van der Waals surface area contributed by atoms with Crippen LogP contribution in [0, 0.1) is 11.8 Å². The Hall–Kier alpha value is -1.56. The van der Waals surface area contributed by atoms with E-state index in [1.807, 2.05) is 0 Å². The third kappa shape index (κ3) is 4.00. The molecule has 1 atom stereocenters. The normalized spacial score (nSPS) is 28.8. The molecule has 2 aliphatic carbocycles. The van der Waals surface area contributed by atoms with Crippen LogP contribution in [0.4, 0.5) is 0 Å². The molecular weight excluding hydrogens is 264 g/mol. The summed E-state index contributed by atoms with van der Waals surface area (Å²) in [6.45, 7) is 4.65. The molecule has 0 bridgehead atoms. The van der Waals surface area contributed by atoms with Gasteiger partial charge in [0.05, 0.1) is 0 Å². The highest BCUT2D eigenvalue weighted by atomic mass is 14.2. The average molecular weight is 292 g/mol. The van der Waals surface area contributed by atoms with Crippen molar-refractivity contribution in [1.29, 1.82) is 0 Å². The van der Waals surface area contributed by atoms with E-state index < -0.39 is 0 Å². The molecule has 0 radical (unpaired) electrons. The van der Waals surface area contributed by atoms with Crippen LogP contribution in [0.15, 0.2) is 54.1 Å². The molecule has 1 aromatic rings. The van der Waals surface area contributed by atoms with Crippen LogP contribution in [-0.4, -0.2) is 0 Å². The maximum absolute atomic E-state index is 2.39.